The van der Waals surface area contributed by atoms with Gasteiger partial charge in [0, 0.05) is 12.1 Å². The van der Waals surface area contributed by atoms with Crippen LogP contribution in [0.2, 0.25) is 0 Å². The average Bonchev–Trinajstić information content (AvgIpc) is 3.39. The fourth-order valence-electron chi connectivity index (χ4n) is 4.00. The van der Waals surface area contributed by atoms with Crippen molar-refractivity contribution in [2.75, 3.05) is 10.0 Å². The fourth-order valence-corrected chi connectivity index (χ4v) is 6.03. The first-order chi connectivity index (χ1) is 15.4. The minimum absolute atomic E-state index is 0.0287. The molecule has 1 aliphatic carbocycles. The molecule has 0 radical (unpaired) electrons. The lowest BCUT2D eigenvalue weighted by molar-refractivity contribution is -0.117. The second-order valence-corrected chi connectivity index (χ2v) is 10.4. The van der Waals surface area contributed by atoms with E-state index in [0.29, 0.717) is 28.1 Å². The third kappa shape index (κ3) is 5.37. The first kappa shape index (κ1) is 22.5. The maximum absolute atomic E-state index is 13.0. The number of carbonyl (C=O) groups is 1. The Labute approximate surface area is 194 Å². The third-order valence-electron chi connectivity index (χ3n) is 5.72. The van der Waals surface area contributed by atoms with Gasteiger partial charge in [-0.05, 0) is 74.1 Å². The zero-order valence-corrected chi connectivity index (χ0v) is 19.8. The monoisotopic (exact) mass is 469 g/mol. The molecule has 1 fully saturated rings. The van der Waals surface area contributed by atoms with Crippen molar-refractivity contribution >= 4 is 39.0 Å². The molecule has 1 amide bonds. The van der Waals surface area contributed by atoms with Gasteiger partial charge in [0.25, 0.3) is 0 Å². The summed E-state index contributed by atoms with van der Waals surface area (Å²) in [7, 11) is -1.47. The number of phenols is 1. The van der Waals surface area contributed by atoms with Crippen LogP contribution in [0.15, 0.2) is 47.4 Å². The van der Waals surface area contributed by atoms with Crippen LogP contribution in [0.4, 0.5) is 10.8 Å². The molecule has 3 N–H and O–H groups in total. The Balaban J connectivity index is 1.50. The maximum Gasteiger partial charge on any atom is 0.226 e. The lowest BCUT2D eigenvalue weighted by Crippen LogP contribution is -2.14. The zero-order valence-electron chi connectivity index (χ0n) is 18.2. The summed E-state index contributed by atoms with van der Waals surface area (Å²) in [6.45, 7) is 3.84. The summed E-state index contributed by atoms with van der Waals surface area (Å²) in [5, 5.41) is 13.0. The van der Waals surface area contributed by atoms with Gasteiger partial charge in [-0.2, -0.15) is 0 Å². The van der Waals surface area contributed by atoms with Gasteiger partial charge in [0.05, 0.1) is 15.5 Å². The van der Waals surface area contributed by atoms with Gasteiger partial charge in [0.2, 0.25) is 5.91 Å². The highest BCUT2D eigenvalue weighted by Gasteiger charge is 2.20. The van der Waals surface area contributed by atoms with Crippen molar-refractivity contribution in [3.63, 3.8) is 0 Å². The Morgan fingerprint density at radius 2 is 1.88 bits per heavy atom. The Kier molecular flexibility index (Phi) is 6.91. The van der Waals surface area contributed by atoms with Gasteiger partial charge in [-0.3, -0.25) is 4.79 Å². The van der Waals surface area contributed by atoms with E-state index in [1.807, 2.05) is 32.0 Å². The molecule has 3 aromatic rings. The van der Waals surface area contributed by atoms with Crippen LogP contribution in [0.25, 0.3) is 10.4 Å². The quantitative estimate of drug-likeness (QED) is 0.382. The normalized spacial score (nSPS) is 14.9. The van der Waals surface area contributed by atoms with E-state index in [2.05, 4.69) is 15.0 Å². The van der Waals surface area contributed by atoms with Crippen LogP contribution in [-0.4, -0.2) is 20.2 Å². The van der Waals surface area contributed by atoms with Gasteiger partial charge < -0.3 is 15.1 Å². The fraction of sp³-hybridized carbons (Fsp3) is 0.333. The van der Waals surface area contributed by atoms with E-state index in [9.17, 15) is 14.1 Å². The number of aromatic hydroxyl groups is 1. The number of nitrogens with zero attached hydrogens (tertiary/aromatic N) is 1. The number of hydrogen-bond acceptors (Lipinski definition) is 5. The molecular formula is C24H27N3O3S2. The number of aromatic nitrogens is 1. The number of carbonyl (C=O) groups excluding carboxylic acids is 1. The predicted octanol–water partition coefficient (Wildman–Crippen LogP) is 5.79. The predicted molar refractivity (Wildman–Crippen MR) is 130 cm³/mol. The summed E-state index contributed by atoms with van der Waals surface area (Å²) in [6.07, 6.45) is 5.27. The lowest BCUT2D eigenvalue weighted by Gasteiger charge is -2.10. The minimum Gasteiger partial charge on any atom is -0.508 e. The number of rotatable bonds is 7. The van der Waals surface area contributed by atoms with Gasteiger partial charge >= 0.3 is 0 Å². The molecule has 1 heterocycles. The zero-order chi connectivity index (χ0) is 22.7. The molecule has 0 spiro atoms. The first-order valence-corrected chi connectivity index (χ1v) is 12.7. The summed E-state index contributed by atoms with van der Waals surface area (Å²) in [5.41, 5.74) is 3.31. The van der Waals surface area contributed by atoms with Crippen LogP contribution in [-0.2, 0) is 15.8 Å². The van der Waals surface area contributed by atoms with Crippen molar-refractivity contribution in [2.45, 2.75) is 50.8 Å². The molecule has 1 aliphatic rings. The van der Waals surface area contributed by atoms with E-state index in [4.69, 9.17) is 0 Å². The Morgan fingerprint density at radius 1 is 1.16 bits per heavy atom. The van der Waals surface area contributed by atoms with E-state index in [0.717, 1.165) is 34.5 Å². The Morgan fingerprint density at radius 3 is 2.59 bits per heavy atom. The Hall–Kier alpha value is -2.71. The molecule has 0 bridgehead atoms. The van der Waals surface area contributed by atoms with Crippen LogP contribution in [0.5, 0.6) is 5.75 Å². The van der Waals surface area contributed by atoms with Crippen molar-refractivity contribution in [2.24, 2.45) is 5.92 Å². The molecule has 1 unspecified atom stereocenters. The van der Waals surface area contributed by atoms with Crippen molar-refractivity contribution in [3.8, 4) is 16.2 Å². The van der Waals surface area contributed by atoms with E-state index in [1.54, 1.807) is 24.3 Å². The van der Waals surface area contributed by atoms with Gasteiger partial charge in [-0.1, -0.05) is 36.3 Å². The van der Waals surface area contributed by atoms with Crippen molar-refractivity contribution in [3.05, 3.63) is 53.7 Å². The Bertz CT molecular complexity index is 1140. The topological polar surface area (TPSA) is 91.3 Å². The van der Waals surface area contributed by atoms with Gasteiger partial charge in [0.1, 0.15) is 5.75 Å². The molecule has 2 aromatic carbocycles. The smallest absolute Gasteiger partial charge is 0.226 e. The summed E-state index contributed by atoms with van der Waals surface area (Å²) in [5.74, 6) is 0.679. The molecule has 0 saturated heterocycles. The van der Waals surface area contributed by atoms with Crippen molar-refractivity contribution in [1.29, 1.82) is 0 Å². The van der Waals surface area contributed by atoms with Crippen LogP contribution in [0, 0.1) is 19.8 Å². The largest absolute Gasteiger partial charge is 0.508 e. The number of aryl methyl sites for hydroxylation is 2. The van der Waals surface area contributed by atoms with Gasteiger partial charge in [-0.15, -0.1) is 0 Å². The molecule has 6 nitrogen and oxygen atoms in total. The van der Waals surface area contributed by atoms with Crippen LogP contribution >= 0.6 is 11.3 Å². The SMILES string of the molecule is Cc1ccc(-c2sc(NC(=O)CC3CCCC3)nc2C)cc1S(=O)Nc1ccc(O)cc1. The number of phenolic OH excluding ortho intramolecular Hbond substituents is 1. The first-order valence-electron chi connectivity index (χ1n) is 10.7. The molecule has 4 rings (SSSR count). The number of nitrogens with one attached hydrogen (secondary N) is 2. The summed E-state index contributed by atoms with van der Waals surface area (Å²) in [4.78, 5) is 18.6. The average molecular weight is 470 g/mol. The van der Waals surface area contributed by atoms with Crippen LogP contribution < -0.4 is 10.0 Å². The number of amides is 1. The third-order valence-corrected chi connectivity index (χ3v) is 8.10. The highest BCUT2D eigenvalue weighted by atomic mass is 32.2. The van der Waals surface area contributed by atoms with Crippen LogP contribution in [0.3, 0.4) is 0 Å². The van der Waals surface area contributed by atoms with Crippen molar-refractivity contribution in [1.82, 2.24) is 4.98 Å². The van der Waals surface area contributed by atoms with E-state index in [1.165, 1.54) is 24.2 Å². The lowest BCUT2D eigenvalue weighted by atomic mass is 10.0. The minimum atomic E-state index is -1.47. The molecule has 1 saturated carbocycles. The molecule has 1 aromatic heterocycles. The highest BCUT2D eigenvalue weighted by molar-refractivity contribution is 7.86. The summed E-state index contributed by atoms with van der Waals surface area (Å²) < 4.78 is 15.9. The van der Waals surface area contributed by atoms with E-state index in [-0.39, 0.29) is 11.7 Å². The maximum atomic E-state index is 13.0. The molecule has 0 aliphatic heterocycles. The number of benzene rings is 2. The van der Waals surface area contributed by atoms with Gasteiger partial charge in [0.15, 0.2) is 16.1 Å². The number of hydrogen-bond donors (Lipinski definition) is 3. The van der Waals surface area contributed by atoms with Gasteiger partial charge in [-0.25, -0.2) is 9.19 Å². The standard InChI is InChI=1S/C24H27N3O3S2/c1-15-7-8-18(14-21(15)32(30)27-19-9-11-20(28)12-10-19)23-16(2)25-24(31-23)26-22(29)13-17-5-3-4-6-17/h7-12,14,17,27-28H,3-6,13H2,1-2H3,(H,25,26,29). The number of thiazole rings is 1. The highest BCUT2D eigenvalue weighted by Crippen LogP contribution is 2.35. The molecule has 8 heteroatoms. The van der Waals surface area contributed by atoms with Crippen molar-refractivity contribution < 1.29 is 14.1 Å². The molecule has 32 heavy (non-hydrogen) atoms. The number of anilines is 2. The van der Waals surface area contributed by atoms with Crippen LogP contribution in [0.1, 0.15) is 43.4 Å². The second-order valence-electron chi connectivity index (χ2n) is 8.23. The summed E-state index contributed by atoms with van der Waals surface area (Å²) >= 11 is 1.44. The molecule has 168 valence electrons. The van der Waals surface area contributed by atoms with E-state index < -0.39 is 11.0 Å². The van der Waals surface area contributed by atoms with E-state index >= 15 is 0 Å². The second kappa shape index (κ2) is 9.83. The molecule has 1 atom stereocenters. The molecular weight excluding hydrogens is 442 g/mol. The summed E-state index contributed by atoms with van der Waals surface area (Å²) in [6, 6.07) is 12.3.